The van der Waals surface area contributed by atoms with E-state index in [2.05, 4.69) is 38.8 Å². The molecule has 14 heavy (non-hydrogen) atoms. The summed E-state index contributed by atoms with van der Waals surface area (Å²) < 4.78 is 0. The van der Waals surface area contributed by atoms with Gasteiger partial charge in [-0.1, -0.05) is 39.7 Å². The lowest BCUT2D eigenvalue weighted by molar-refractivity contribution is 0.403. The number of rotatable bonds is 6. The molecular formula is C13H25N. The van der Waals surface area contributed by atoms with Gasteiger partial charge in [0.25, 0.3) is 0 Å². The Morgan fingerprint density at radius 3 is 2.29 bits per heavy atom. The van der Waals surface area contributed by atoms with Gasteiger partial charge in [0.15, 0.2) is 0 Å². The van der Waals surface area contributed by atoms with Crippen molar-refractivity contribution in [3.63, 3.8) is 0 Å². The number of aliphatic imine (C=N–C) groups is 1. The predicted octanol–water partition coefficient (Wildman–Crippen LogP) is 4.10. The minimum Gasteiger partial charge on any atom is -0.297 e. The first kappa shape index (κ1) is 13.4. The SMILES string of the molecule is CCCC(/C(=C/C=NC)CC)C(C)C. The number of allylic oxidation sites excluding steroid dienone is 2. The Hall–Kier alpha value is -0.590. The lowest BCUT2D eigenvalue weighted by Gasteiger charge is -2.22. The van der Waals surface area contributed by atoms with Gasteiger partial charge >= 0.3 is 0 Å². The van der Waals surface area contributed by atoms with Gasteiger partial charge in [0, 0.05) is 13.3 Å². The van der Waals surface area contributed by atoms with Gasteiger partial charge in [-0.15, -0.1) is 0 Å². The highest BCUT2D eigenvalue weighted by molar-refractivity contribution is 5.72. The average molecular weight is 195 g/mol. The highest BCUT2D eigenvalue weighted by Gasteiger charge is 2.15. The van der Waals surface area contributed by atoms with Crippen molar-refractivity contribution >= 4 is 6.21 Å². The van der Waals surface area contributed by atoms with E-state index in [0.29, 0.717) is 0 Å². The van der Waals surface area contributed by atoms with Crippen molar-refractivity contribution < 1.29 is 0 Å². The molecule has 0 spiro atoms. The molecule has 1 atom stereocenters. The highest BCUT2D eigenvalue weighted by atomic mass is 14.6. The standard InChI is InChI=1S/C13H25N/c1-6-8-13(11(3)4)12(7-2)9-10-14-5/h9-11,13H,6-8H2,1-5H3/b12-9+,14-10?. The summed E-state index contributed by atoms with van der Waals surface area (Å²) in [6.45, 7) is 9.12. The van der Waals surface area contributed by atoms with Gasteiger partial charge in [-0.2, -0.15) is 0 Å². The Morgan fingerprint density at radius 2 is 1.93 bits per heavy atom. The largest absolute Gasteiger partial charge is 0.297 e. The van der Waals surface area contributed by atoms with E-state index in [1.165, 1.54) is 12.8 Å². The summed E-state index contributed by atoms with van der Waals surface area (Å²) in [7, 11) is 1.83. The van der Waals surface area contributed by atoms with Crippen LogP contribution in [0.4, 0.5) is 0 Å². The molecule has 0 fully saturated rings. The molecule has 0 aliphatic carbocycles. The second-order valence-corrected chi connectivity index (χ2v) is 4.14. The molecule has 0 saturated heterocycles. The molecule has 0 amide bonds. The normalized spacial score (nSPS) is 15.4. The van der Waals surface area contributed by atoms with Crippen LogP contribution in [0.15, 0.2) is 16.6 Å². The first-order valence-corrected chi connectivity index (χ1v) is 5.78. The average Bonchev–Trinajstić information content (AvgIpc) is 2.17. The molecule has 1 heteroatoms. The molecule has 0 aromatic heterocycles. The van der Waals surface area contributed by atoms with Gasteiger partial charge in [-0.3, -0.25) is 4.99 Å². The summed E-state index contributed by atoms with van der Waals surface area (Å²) in [5, 5.41) is 0. The number of hydrogen-bond donors (Lipinski definition) is 0. The molecule has 0 heterocycles. The van der Waals surface area contributed by atoms with Crippen LogP contribution in [0.25, 0.3) is 0 Å². The summed E-state index contributed by atoms with van der Waals surface area (Å²) in [4.78, 5) is 4.02. The van der Waals surface area contributed by atoms with Gasteiger partial charge in [0.1, 0.15) is 0 Å². The Balaban J connectivity index is 4.57. The van der Waals surface area contributed by atoms with Crippen LogP contribution in [0.2, 0.25) is 0 Å². The van der Waals surface area contributed by atoms with Gasteiger partial charge < -0.3 is 0 Å². The van der Waals surface area contributed by atoms with Crippen molar-refractivity contribution in [2.45, 2.75) is 47.0 Å². The van der Waals surface area contributed by atoms with Crippen LogP contribution in [0.1, 0.15) is 47.0 Å². The minimum atomic E-state index is 0.739. The van der Waals surface area contributed by atoms with Crippen molar-refractivity contribution in [1.82, 2.24) is 0 Å². The van der Waals surface area contributed by atoms with Crippen molar-refractivity contribution in [1.29, 1.82) is 0 Å². The Bertz CT molecular complexity index is 189. The maximum absolute atomic E-state index is 4.02. The van der Waals surface area contributed by atoms with Crippen LogP contribution < -0.4 is 0 Å². The van der Waals surface area contributed by atoms with Gasteiger partial charge in [-0.25, -0.2) is 0 Å². The smallest absolute Gasteiger partial charge is 0.0277 e. The molecule has 0 saturated carbocycles. The monoisotopic (exact) mass is 195 g/mol. The van der Waals surface area contributed by atoms with Gasteiger partial charge in [0.05, 0.1) is 0 Å². The fraction of sp³-hybridized carbons (Fsp3) is 0.769. The maximum atomic E-state index is 4.02. The van der Waals surface area contributed by atoms with Crippen LogP contribution in [0.5, 0.6) is 0 Å². The van der Waals surface area contributed by atoms with E-state index in [9.17, 15) is 0 Å². The lowest BCUT2D eigenvalue weighted by Crippen LogP contribution is -2.11. The topological polar surface area (TPSA) is 12.4 Å². The third kappa shape index (κ3) is 4.59. The lowest BCUT2D eigenvalue weighted by atomic mass is 9.83. The zero-order valence-corrected chi connectivity index (χ0v) is 10.4. The molecule has 0 radical (unpaired) electrons. The first-order valence-electron chi connectivity index (χ1n) is 5.78. The summed E-state index contributed by atoms with van der Waals surface area (Å²) >= 11 is 0. The quantitative estimate of drug-likeness (QED) is 0.566. The molecule has 1 unspecified atom stereocenters. The fourth-order valence-corrected chi connectivity index (χ4v) is 1.93. The van der Waals surface area contributed by atoms with E-state index in [-0.39, 0.29) is 0 Å². The highest BCUT2D eigenvalue weighted by Crippen LogP contribution is 2.27. The third-order valence-corrected chi connectivity index (χ3v) is 2.73. The molecule has 0 aromatic carbocycles. The van der Waals surface area contributed by atoms with Crippen LogP contribution in [-0.2, 0) is 0 Å². The Morgan fingerprint density at radius 1 is 1.29 bits per heavy atom. The molecule has 0 aliphatic heterocycles. The molecule has 0 aromatic rings. The van der Waals surface area contributed by atoms with Crippen molar-refractivity contribution in [2.75, 3.05) is 7.05 Å². The van der Waals surface area contributed by atoms with Crippen LogP contribution in [-0.4, -0.2) is 13.3 Å². The molecule has 0 N–H and O–H groups in total. The van der Waals surface area contributed by atoms with E-state index >= 15 is 0 Å². The number of hydrogen-bond acceptors (Lipinski definition) is 1. The van der Waals surface area contributed by atoms with E-state index in [0.717, 1.165) is 18.3 Å². The zero-order chi connectivity index (χ0) is 11.0. The van der Waals surface area contributed by atoms with Crippen LogP contribution in [0.3, 0.4) is 0 Å². The number of nitrogens with zero attached hydrogens (tertiary/aromatic N) is 1. The van der Waals surface area contributed by atoms with E-state index in [4.69, 9.17) is 0 Å². The van der Waals surface area contributed by atoms with Gasteiger partial charge in [0.2, 0.25) is 0 Å². The summed E-state index contributed by atoms with van der Waals surface area (Å²) in [6.07, 6.45) is 7.83. The maximum Gasteiger partial charge on any atom is 0.0277 e. The fourth-order valence-electron chi connectivity index (χ4n) is 1.93. The predicted molar refractivity (Wildman–Crippen MR) is 66.0 cm³/mol. The Kier molecular flexibility index (Phi) is 7.45. The molecule has 0 rings (SSSR count). The molecule has 0 bridgehead atoms. The van der Waals surface area contributed by atoms with E-state index in [1.54, 1.807) is 5.57 Å². The first-order chi connectivity index (χ1) is 6.67. The molecule has 0 aliphatic rings. The zero-order valence-electron chi connectivity index (χ0n) is 10.4. The minimum absolute atomic E-state index is 0.739. The Labute approximate surface area is 89.3 Å². The second kappa shape index (κ2) is 7.78. The summed E-state index contributed by atoms with van der Waals surface area (Å²) in [5.74, 6) is 1.48. The second-order valence-electron chi connectivity index (χ2n) is 4.14. The summed E-state index contributed by atoms with van der Waals surface area (Å²) in [5.41, 5.74) is 1.55. The summed E-state index contributed by atoms with van der Waals surface area (Å²) in [6, 6.07) is 0. The van der Waals surface area contributed by atoms with Crippen molar-refractivity contribution in [2.24, 2.45) is 16.8 Å². The van der Waals surface area contributed by atoms with Crippen molar-refractivity contribution in [3.05, 3.63) is 11.6 Å². The van der Waals surface area contributed by atoms with Crippen molar-refractivity contribution in [3.8, 4) is 0 Å². The van der Waals surface area contributed by atoms with E-state index in [1.807, 2.05) is 13.3 Å². The molecule has 1 nitrogen and oxygen atoms in total. The molecular weight excluding hydrogens is 170 g/mol. The van der Waals surface area contributed by atoms with E-state index < -0.39 is 0 Å². The third-order valence-electron chi connectivity index (χ3n) is 2.73. The van der Waals surface area contributed by atoms with Crippen LogP contribution >= 0.6 is 0 Å². The van der Waals surface area contributed by atoms with Gasteiger partial charge in [-0.05, 0) is 30.8 Å². The molecule has 82 valence electrons. The van der Waals surface area contributed by atoms with Crippen LogP contribution in [0, 0.1) is 11.8 Å².